The van der Waals surface area contributed by atoms with Gasteiger partial charge in [0, 0.05) is 31.8 Å². The van der Waals surface area contributed by atoms with Crippen LogP contribution in [0.5, 0.6) is 0 Å². The van der Waals surface area contributed by atoms with Crippen LogP contribution < -0.4 is 0 Å². The van der Waals surface area contributed by atoms with E-state index in [1.807, 2.05) is 11.0 Å². The number of H-pyrrole nitrogens is 1. The molecule has 0 bridgehead atoms. The highest BCUT2D eigenvalue weighted by molar-refractivity contribution is 5.91. The van der Waals surface area contributed by atoms with Gasteiger partial charge in [-0.15, -0.1) is 0 Å². The molecule has 3 aliphatic rings. The number of imidazole rings is 1. The number of aromatic nitrogens is 2. The van der Waals surface area contributed by atoms with Crippen LogP contribution in [0.15, 0.2) is 42.9 Å². The number of nitrogens with one attached hydrogen (secondary N) is 1. The SMILES string of the molecule is O=C(/C=C/c1cnc[nH]1)N(CC1CCN(C2Cc3ccccc3C2)CC1)C[C@H]1CCCO1. The summed E-state index contributed by atoms with van der Waals surface area (Å²) in [5, 5.41) is 0. The summed E-state index contributed by atoms with van der Waals surface area (Å²) in [5.74, 6) is 0.629. The lowest BCUT2D eigenvalue weighted by atomic mass is 9.94. The second kappa shape index (κ2) is 10.0. The summed E-state index contributed by atoms with van der Waals surface area (Å²) in [7, 11) is 0. The van der Waals surface area contributed by atoms with Crippen molar-refractivity contribution in [3.05, 3.63) is 59.7 Å². The molecule has 6 heteroatoms. The second-order valence-electron chi connectivity index (χ2n) is 9.53. The molecule has 0 spiro atoms. The summed E-state index contributed by atoms with van der Waals surface area (Å²) in [6, 6.07) is 9.54. The van der Waals surface area contributed by atoms with Gasteiger partial charge in [0.15, 0.2) is 0 Å². The van der Waals surface area contributed by atoms with Gasteiger partial charge in [-0.05, 0) is 74.7 Å². The Hall–Kier alpha value is -2.44. The summed E-state index contributed by atoms with van der Waals surface area (Å²) in [6.07, 6.45) is 13.9. The number of hydrogen-bond donors (Lipinski definition) is 1. The van der Waals surface area contributed by atoms with Crippen molar-refractivity contribution in [2.75, 3.05) is 32.8 Å². The molecule has 1 aliphatic carbocycles. The summed E-state index contributed by atoms with van der Waals surface area (Å²) in [5.41, 5.74) is 3.90. The van der Waals surface area contributed by atoms with E-state index >= 15 is 0 Å². The third-order valence-corrected chi connectivity index (χ3v) is 7.36. The van der Waals surface area contributed by atoms with E-state index in [-0.39, 0.29) is 12.0 Å². The van der Waals surface area contributed by atoms with E-state index in [0.717, 1.165) is 57.6 Å². The van der Waals surface area contributed by atoms with Crippen LogP contribution in [0.1, 0.15) is 42.5 Å². The molecule has 5 rings (SSSR count). The van der Waals surface area contributed by atoms with Crippen molar-refractivity contribution in [1.29, 1.82) is 0 Å². The highest BCUT2D eigenvalue weighted by Crippen LogP contribution is 2.29. The smallest absolute Gasteiger partial charge is 0.246 e. The maximum absolute atomic E-state index is 13.0. The van der Waals surface area contributed by atoms with Crippen molar-refractivity contribution in [3.8, 4) is 0 Å². The quantitative estimate of drug-likeness (QED) is 0.679. The van der Waals surface area contributed by atoms with Crippen molar-refractivity contribution < 1.29 is 9.53 Å². The van der Waals surface area contributed by atoms with Crippen LogP contribution in [0.4, 0.5) is 0 Å². The lowest BCUT2D eigenvalue weighted by Crippen LogP contribution is -2.46. The predicted octanol–water partition coefficient (Wildman–Crippen LogP) is 3.31. The average Bonchev–Trinajstić information content (AvgIpc) is 3.59. The lowest BCUT2D eigenvalue weighted by molar-refractivity contribution is -0.128. The molecule has 3 heterocycles. The fraction of sp³-hybridized carbons (Fsp3) is 0.538. The van der Waals surface area contributed by atoms with E-state index in [9.17, 15) is 4.79 Å². The zero-order chi connectivity index (χ0) is 21.8. The Kier molecular flexibility index (Phi) is 6.69. The maximum Gasteiger partial charge on any atom is 0.246 e. The molecule has 1 aromatic heterocycles. The minimum absolute atomic E-state index is 0.0729. The number of carbonyl (C=O) groups is 1. The van der Waals surface area contributed by atoms with Crippen LogP contribution in [0.2, 0.25) is 0 Å². The number of nitrogens with zero attached hydrogens (tertiary/aromatic N) is 3. The average molecular weight is 435 g/mol. The Labute approximate surface area is 190 Å². The number of piperidine rings is 1. The molecule has 2 aromatic rings. The van der Waals surface area contributed by atoms with E-state index < -0.39 is 0 Å². The molecule has 32 heavy (non-hydrogen) atoms. The van der Waals surface area contributed by atoms with Crippen molar-refractivity contribution in [2.45, 2.75) is 50.7 Å². The first-order valence-corrected chi connectivity index (χ1v) is 12.1. The van der Waals surface area contributed by atoms with Gasteiger partial charge in [-0.3, -0.25) is 9.69 Å². The lowest BCUT2D eigenvalue weighted by Gasteiger charge is -2.38. The third kappa shape index (κ3) is 5.13. The van der Waals surface area contributed by atoms with Crippen LogP contribution in [0.3, 0.4) is 0 Å². The minimum Gasteiger partial charge on any atom is -0.376 e. The molecule has 170 valence electrons. The molecule has 2 fully saturated rings. The number of carbonyl (C=O) groups excluding carboxylic acids is 1. The van der Waals surface area contributed by atoms with Crippen molar-refractivity contribution >= 4 is 12.0 Å². The molecule has 0 radical (unpaired) electrons. The second-order valence-corrected chi connectivity index (χ2v) is 9.53. The molecule has 0 saturated carbocycles. The Morgan fingerprint density at radius 3 is 2.59 bits per heavy atom. The predicted molar refractivity (Wildman–Crippen MR) is 125 cm³/mol. The standard InChI is InChI=1S/C26H34N4O2/c31-26(8-7-23-16-27-19-28-23)30(18-25-6-3-13-32-25)17-20-9-11-29(12-10-20)24-14-21-4-1-2-5-22(21)15-24/h1-2,4-5,7-8,16,19-20,24-25H,3,6,9-15,17-18H2,(H,27,28)/b8-7+/t25-/m1/s1. The topological polar surface area (TPSA) is 61.5 Å². The summed E-state index contributed by atoms with van der Waals surface area (Å²) in [6.45, 7) is 4.61. The molecule has 0 unspecified atom stereocenters. The van der Waals surface area contributed by atoms with E-state index in [1.54, 1.807) is 18.6 Å². The van der Waals surface area contributed by atoms with Gasteiger partial charge in [0.25, 0.3) is 0 Å². The molecule has 1 N–H and O–H groups in total. The van der Waals surface area contributed by atoms with Gasteiger partial charge in [-0.2, -0.15) is 0 Å². The number of likely N-dealkylation sites (tertiary alicyclic amines) is 1. The molecule has 2 saturated heterocycles. The Morgan fingerprint density at radius 1 is 1.16 bits per heavy atom. The van der Waals surface area contributed by atoms with E-state index in [2.05, 4.69) is 39.1 Å². The zero-order valence-electron chi connectivity index (χ0n) is 18.8. The van der Waals surface area contributed by atoms with Crippen molar-refractivity contribution in [2.24, 2.45) is 5.92 Å². The number of amides is 1. The Balaban J connectivity index is 1.16. The molecule has 1 atom stereocenters. The highest BCUT2D eigenvalue weighted by Gasteiger charge is 2.31. The van der Waals surface area contributed by atoms with Crippen LogP contribution in [-0.2, 0) is 22.4 Å². The summed E-state index contributed by atoms with van der Waals surface area (Å²) in [4.78, 5) is 24.8. The number of rotatable bonds is 7. The Morgan fingerprint density at radius 2 is 1.94 bits per heavy atom. The van der Waals surface area contributed by atoms with Gasteiger partial charge in [0.2, 0.25) is 5.91 Å². The first-order valence-electron chi connectivity index (χ1n) is 12.1. The fourth-order valence-corrected chi connectivity index (χ4v) is 5.52. The first-order chi connectivity index (χ1) is 15.7. The zero-order valence-corrected chi connectivity index (χ0v) is 18.8. The molecular formula is C26H34N4O2. The number of benzene rings is 1. The number of hydrogen-bond acceptors (Lipinski definition) is 4. The van der Waals surface area contributed by atoms with Gasteiger partial charge in [0.05, 0.1) is 24.3 Å². The fourth-order valence-electron chi connectivity index (χ4n) is 5.52. The summed E-state index contributed by atoms with van der Waals surface area (Å²) >= 11 is 0. The van der Waals surface area contributed by atoms with E-state index in [1.165, 1.54) is 24.0 Å². The number of aromatic amines is 1. The van der Waals surface area contributed by atoms with Gasteiger partial charge in [-0.25, -0.2) is 4.98 Å². The maximum atomic E-state index is 13.0. The van der Waals surface area contributed by atoms with Crippen LogP contribution >= 0.6 is 0 Å². The number of ether oxygens (including phenoxy) is 1. The normalized spacial score (nSPS) is 22.6. The minimum atomic E-state index is 0.0729. The highest BCUT2D eigenvalue weighted by atomic mass is 16.5. The van der Waals surface area contributed by atoms with E-state index in [0.29, 0.717) is 18.5 Å². The van der Waals surface area contributed by atoms with Crippen LogP contribution in [0.25, 0.3) is 6.08 Å². The van der Waals surface area contributed by atoms with Crippen molar-refractivity contribution in [3.63, 3.8) is 0 Å². The Bertz CT molecular complexity index is 887. The molecule has 1 aromatic carbocycles. The van der Waals surface area contributed by atoms with Crippen LogP contribution in [0, 0.1) is 5.92 Å². The largest absolute Gasteiger partial charge is 0.376 e. The van der Waals surface area contributed by atoms with Gasteiger partial charge in [-0.1, -0.05) is 24.3 Å². The summed E-state index contributed by atoms with van der Waals surface area (Å²) < 4.78 is 5.85. The number of fused-ring (bicyclic) bond motifs is 1. The van der Waals surface area contributed by atoms with Gasteiger partial charge < -0.3 is 14.6 Å². The molecule has 1 amide bonds. The molecule has 6 nitrogen and oxygen atoms in total. The third-order valence-electron chi connectivity index (χ3n) is 7.36. The van der Waals surface area contributed by atoms with Crippen molar-refractivity contribution in [1.82, 2.24) is 19.8 Å². The van der Waals surface area contributed by atoms with Gasteiger partial charge >= 0.3 is 0 Å². The van der Waals surface area contributed by atoms with Gasteiger partial charge in [0.1, 0.15) is 0 Å². The monoisotopic (exact) mass is 434 g/mol. The first kappa shape index (κ1) is 21.4. The molecule has 2 aliphatic heterocycles. The molecular weight excluding hydrogens is 400 g/mol. The van der Waals surface area contributed by atoms with Crippen LogP contribution in [-0.4, -0.2) is 70.6 Å². The van der Waals surface area contributed by atoms with E-state index in [4.69, 9.17) is 4.74 Å².